The van der Waals surface area contributed by atoms with Crippen LogP contribution in [0.15, 0.2) is 42.5 Å². The molecule has 122 valence electrons. The maximum Gasteiger partial charge on any atom is 0.315 e. The summed E-state index contributed by atoms with van der Waals surface area (Å²) in [5.41, 5.74) is 1.73. The second-order valence-corrected chi connectivity index (χ2v) is 5.21. The summed E-state index contributed by atoms with van der Waals surface area (Å²) in [6, 6.07) is 12.6. The van der Waals surface area contributed by atoms with Crippen molar-refractivity contribution in [3.63, 3.8) is 0 Å². The highest BCUT2D eigenvalue weighted by Crippen LogP contribution is 2.24. The molecule has 2 amide bonds. The fourth-order valence-electron chi connectivity index (χ4n) is 2.05. The SMILES string of the molecule is COc1ccc(CNC(=O)NCc2ccccc2Cl)c(OC)c1. The first-order valence-electron chi connectivity index (χ1n) is 7.10. The van der Waals surface area contributed by atoms with Crippen LogP contribution in [-0.4, -0.2) is 20.3 Å². The monoisotopic (exact) mass is 334 g/mol. The van der Waals surface area contributed by atoms with Gasteiger partial charge >= 0.3 is 6.03 Å². The maximum absolute atomic E-state index is 11.9. The van der Waals surface area contributed by atoms with Crippen LogP contribution < -0.4 is 20.1 Å². The first-order chi connectivity index (χ1) is 11.1. The van der Waals surface area contributed by atoms with Crippen molar-refractivity contribution in [2.45, 2.75) is 13.1 Å². The number of ether oxygens (including phenoxy) is 2. The molecule has 6 heteroatoms. The zero-order valence-electron chi connectivity index (χ0n) is 13.1. The summed E-state index contributed by atoms with van der Waals surface area (Å²) in [6.07, 6.45) is 0. The highest BCUT2D eigenvalue weighted by Gasteiger charge is 2.07. The van der Waals surface area contributed by atoms with E-state index in [-0.39, 0.29) is 6.03 Å². The number of methoxy groups -OCH3 is 2. The molecule has 2 aromatic carbocycles. The minimum atomic E-state index is -0.275. The Kier molecular flexibility index (Phi) is 6.11. The summed E-state index contributed by atoms with van der Waals surface area (Å²) in [4.78, 5) is 11.9. The molecule has 0 aliphatic heterocycles. The van der Waals surface area contributed by atoms with E-state index in [1.165, 1.54) is 0 Å². The predicted molar refractivity (Wildman–Crippen MR) is 90.1 cm³/mol. The fraction of sp³-hybridized carbons (Fsp3) is 0.235. The molecule has 0 bridgehead atoms. The Labute approximate surface area is 140 Å². The first-order valence-corrected chi connectivity index (χ1v) is 7.48. The van der Waals surface area contributed by atoms with Gasteiger partial charge in [0.15, 0.2) is 0 Å². The van der Waals surface area contributed by atoms with Gasteiger partial charge in [-0.05, 0) is 23.8 Å². The molecular formula is C17H19ClN2O3. The molecule has 0 saturated carbocycles. The van der Waals surface area contributed by atoms with Crippen LogP contribution in [0.25, 0.3) is 0 Å². The molecule has 0 aliphatic carbocycles. The summed E-state index contributed by atoms with van der Waals surface area (Å²) in [5, 5.41) is 6.19. The molecular weight excluding hydrogens is 316 g/mol. The summed E-state index contributed by atoms with van der Waals surface area (Å²) in [5.74, 6) is 1.37. The molecule has 0 unspecified atom stereocenters. The van der Waals surface area contributed by atoms with Crippen LogP contribution >= 0.6 is 11.6 Å². The first kappa shape index (κ1) is 17.0. The number of nitrogens with one attached hydrogen (secondary N) is 2. The Morgan fingerprint density at radius 3 is 2.35 bits per heavy atom. The third-order valence-electron chi connectivity index (χ3n) is 3.33. The standard InChI is InChI=1S/C17H19ClN2O3/c1-22-14-8-7-13(16(9-14)23-2)11-20-17(21)19-10-12-5-3-4-6-15(12)18/h3-9H,10-11H2,1-2H3,(H2,19,20,21). The molecule has 0 heterocycles. The molecule has 0 atom stereocenters. The van der Waals surface area contributed by atoms with Crippen LogP contribution in [0, 0.1) is 0 Å². The minimum Gasteiger partial charge on any atom is -0.497 e. The van der Waals surface area contributed by atoms with E-state index in [1.807, 2.05) is 30.3 Å². The molecule has 0 aromatic heterocycles. The number of amides is 2. The Morgan fingerprint density at radius 1 is 1.00 bits per heavy atom. The van der Waals surface area contributed by atoms with E-state index in [9.17, 15) is 4.79 Å². The van der Waals surface area contributed by atoms with Gasteiger partial charge in [0.25, 0.3) is 0 Å². The number of benzene rings is 2. The lowest BCUT2D eigenvalue weighted by Crippen LogP contribution is -2.34. The Bertz CT molecular complexity index is 677. The molecule has 0 saturated heterocycles. The average Bonchev–Trinajstić information content (AvgIpc) is 2.59. The van der Waals surface area contributed by atoms with Gasteiger partial charge in [-0.25, -0.2) is 4.79 Å². The van der Waals surface area contributed by atoms with Crippen molar-refractivity contribution in [3.8, 4) is 11.5 Å². The van der Waals surface area contributed by atoms with Crippen molar-refractivity contribution in [3.05, 3.63) is 58.6 Å². The quantitative estimate of drug-likeness (QED) is 0.851. The normalized spacial score (nSPS) is 10.0. The van der Waals surface area contributed by atoms with Crippen molar-refractivity contribution >= 4 is 17.6 Å². The molecule has 5 nitrogen and oxygen atoms in total. The third-order valence-corrected chi connectivity index (χ3v) is 3.70. The average molecular weight is 335 g/mol. The number of carbonyl (C=O) groups is 1. The van der Waals surface area contributed by atoms with Gasteiger partial charge in [0.1, 0.15) is 11.5 Å². The molecule has 0 fully saturated rings. The lowest BCUT2D eigenvalue weighted by molar-refractivity contribution is 0.240. The lowest BCUT2D eigenvalue weighted by Gasteiger charge is -2.12. The lowest BCUT2D eigenvalue weighted by atomic mass is 10.2. The number of hydrogen-bond acceptors (Lipinski definition) is 3. The predicted octanol–water partition coefficient (Wildman–Crippen LogP) is 3.36. The van der Waals surface area contributed by atoms with Crippen molar-refractivity contribution in [1.82, 2.24) is 10.6 Å². The van der Waals surface area contributed by atoms with Gasteiger partial charge in [-0.15, -0.1) is 0 Å². The van der Waals surface area contributed by atoms with Crippen molar-refractivity contribution in [2.75, 3.05) is 14.2 Å². The number of rotatable bonds is 6. The summed E-state index contributed by atoms with van der Waals surface area (Å²) >= 11 is 6.05. The van der Waals surface area contributed by atoms with E-state index in [0.29, 0.717) is 29.6 Å². The third kappa shape index (κ3) is 4.79. The molecule has 0 aliphatic rings. The van der Waals surface area contributed by atoms with Crippen molar-refractivity contribution < 1.29 is 14.3 Å². The number of halogens is 1. The van der Waals surface area contributed by atoms with Gasteiger partial charge < -0.3 is 20.1 Å². The van der Waals surface area contributed by atoms with Crippen molar-refractivity contribution in [2.24, 2.45) is 0 Å². The van der Waals surface area contributed by atoms with Crippen LogP contribution in [0.5, 0.6) is 11.5 Å². The number of hydrogen-bond donors (Lipinski definition) is 2. The summed E-state index contributed by atoms with van der Waals surface area (Å²) < 4.78 is 10.4. The van der Waals surface area contributed by atoms with E-state index in [1.54, 1.807) is 26.4 Å². The zero-order valence-corrected chi connectivity index (χ0v) is 13.8. The van der Waals surface area contributed by atoms with E-state index >= 15 is 0 Å². The molecule has 2 aromatic rings. The van der Waals surface area contributed by atoms with E-state index in [2.05, 4.69) is 10.6 Å². The summed E-state index contributed by atoms with van der Waals surface area (Å²) in [7, 11) is 3.17. The summed E-state index contributed by atoms with van der Waals surface area (Å²) in [6.45, 7) is 0.715. The Hall–Kier alpha value is -2.40. The van der Waals surface area contributed by atoms with Crippen LogP contribution in [0.3, 0.4) is 0 Å². The molecule has 0 spiro atoms. The van der Waals surface area contributed by atoms with Gasteiger partial charge in [-0.2, -0.15) is 0 Å². The van der Waals surface area contributed by atoms with Gasteiger partial charge in [0.2, 0.25) is 0 Å². The maximum atomic E-state index is 11.9. The molecule has 0 radical (unpaired) electrons. The van der Waals surface area contributed by atoms with Crippen LogP contribution in [0.4, 0.5) is 4.79 Å². The number of urea groups is 1. The topological polar surface area (TPSA) is 59.6 Å². The van der Waals surface area contributed by atoms with Gasteiger partial charge in [-0.3, -0.25) is 0 Å². The molecule has 2 rings (SSSR count). The van der Waals surface area contributed by atoms with Gasteiger partial charge in [-0.1, -0.05) is 29.8 Å². The smallest absolute Gasteiger partial charge is 0.315 e. The molecule has 23 heavy (non-hydrogen) atoms. The second-order valence-electron chi connectivity index (χ2n) is 4.81. The Morgan fingerprint density at radius 2 is 1.70 bits per heavy atom. The van der Waals surface area contributed by atoms with E-state index < -0.39 is 0 Å². The van der Waals surface area contributed by atoms with E-state index in [4.69, 9.17) is 21.1 Å². The van der Waals surface area contributed by atoms with E-state index in [0.717, 1.165) is 11.1 Å². The van der Waals surface area contributed by atoms with Crippen LogP contribution in [0.2, 0.25) is 5.02 Å². The van der Waals surface area contributed by atoms with Crippen LogP contribution in [0.1, 0.15) is 11.1 Å². The molecule has 2 N–H and O–H groups in total. The highest BCUT2D eigenvalue weighted by molar-refractivity contribution is 6.31. The highest BCUT2D eigenvalue weighted by atomic mass is 35.5. The van der Waals surface area contributed by atoms with Crippen LogP contribution in [-0.2, 0) is 13.1 Å². The number of carbonyl (C=O) groups excluding carboxylic acids is 1. The van der Waals surface area contributed by atoms with Crippen molar-refractivity contribution in [1.29, 1.82) is 0 Å². The minimum absolute atomic E-state index is 0.275. The zero-order chi connectivity index (χ0) is 16.7. The van der Waals surface area contributed by atoms with Gasteiger partial charge in [0, 0.05) is 29.7 Å². The van der Waals surface area contributed by atoms with Gasteiger partial charge in [0.05, 0.1) is 14.2 Å². The second kappa shape index (κ2) is 8.29. The fourth-order valence-corrected chi connectivity index (χ4v) is 2.26. The largest absolute Gasteiger partial charge is 0.497 e. The Balaban J connectivity index is 1.88.